The van der Waals surface area contributed by atoms with E-state index >= 15 is 0 Å². The topological polar surface area (TPSA) is 58.9 Å². The summed E-state index contributed by atoms with van der Waals surface area (Å²) in [5, 5.41) is 20.9. The minimum atomic E-state index is -0.486. The Hall–Kier alpha value is -2.90. The van der Waals surface area contributed by atoms with Gasteiger partial charge in [0.05, 0.1) is 12.2 Å². The van der Waals surface area contributed by atoms with Crippen molar-refractivity contribution >= 4 is 21.6 Å². The molecule has 46 heavy (non-hydrogen) atoms. The van der Waals surface area contributed by atoms with Crippen LogP contribution in [0.5, 0.6) is 11.5 Å². The van der Waals surface area contributed by atoms with E-state index in [1.54, 1.807) is 10.8 Å². The van der Waals surface area contributed by atoms with Gasteiger partial charge in [0.1, 0.15) is 24.7 Å². The van der Waals surface area contributed by atoms with Gasteiger partial charge in [-0.05, 0) is 36.1 Å². The fourth-order valence-electron chi connectivity index (χ4n) is 5.36. The average Bonchev–Trinajstić information content (AvgIpc) is 3.11. The van der Waals surface area contributed by atoms with E-state index in [2.05, 4.69) is 36.4 Å². The number of unbranched alkanes of at least 4 members (excludes halogenated alkanes) is 8. The van der Waals surface area contributed by atoms with Crippen LogP contribution in [0.4, 0.5) is 0 Å². The van der Waals surface area contributed by atoms with Crippen LogP contribution in [0.1, 0.15) is 64.2 Å². The SMILES string of the molecule is OC(CCCCCCCCCCCSSCC(O)COc1ccccc1-c1ccccc1)COc1ccccc1-c1ccccc1. The van der Waals surface area contributed by atoms with Crippen molar-refractivity contribution in [1.29, 1.82) is 0 Å². The molecule has 4 rings (SSSR count). The minimum Gasteiger partial charge on any atom is -0.490 e. The summed E-state index contributed by atoms with van der Waals surface area (Å²) in [6, 6.07) is 36.5. The summed E-state index contributed by atoms with van der Waals surface area (Å²) in [7, 11) is 3.60. The van der Waals surface area contributed by atoms with Gasteiger partial charge in [0, 0.05) is 22.6 Å². The summed E-state index contributed by atoms with van der Waals surface area (Å²) in [4.78, 5) is 0. The number of para-hydroxylation sites is 2. The third-order valence-corrected chi connectivity index (χ3v) is 10.5. The molecule has 2 N–H and O–H groups in total. The summed E-state index contributed by atoms with van der Waals surface area (Å²) in [6.45, 7) is 0.635. The second-order valence-electron chi connectivity index (χ2n) is 11.7. The van der Waals surface area contributed by atoms with Crippen molar-refractivity contribution in [3.05, 3.63) is 109 Å². The molecule has 6 heteroatoms. The highest BCUT2D eigenvalue weighted by molar-refractivity contribution is 8.76. The number of rotatable bonds is 23. The predicted molar refractivity (Wildman–Crippen MR) is 198 cm³/mol. The first-order valence-corrected chi connectivity index (χ1v) is 19.3. The lowest BCUT2D eigenvalue weighted by Crippen LogP contribution is -2.19. The van der Waals surface area contributed by atoms with Crippen LogP contribution in [0.15, 0.2) is 109 Å². The van der Waals surface area contributed by atoms with Gasteiger partial charge in [-0.25, -0.2) is 0 Å². The molecule has 0 aromatic heterocycles. The lowest BCUT2D eigenvalue weighted by molar-refractivity contribution is 0.0977. The molecule has 0 fully saturated rings. The molecule has 0 saturated carbocycles. The fourth-order valence-corrected chi connectivity index (χ4v) is 7.62. The molecule has 0 aliphatic heterocycles. The fraction of sp³-hybridized carbons (Fsp3) is 0.400. The van der Waals surface area contributed by atoms with Gasteiger partial charge in [0.15, 0.2) is 0 Å². The van der Waals surface area contributed by atoms with Crippen LogP contribution in [0.2, 0.25) is 0 Å². The molecular weight excluding hydrogens is 609 g/mol. The number of aliphatic hydroxyl groups excluding tert-OH is 2. The maximum Gasteiger partial charge on any atom is 0.127 e. The Morgan fingerprint density at radius 1 is 0.457 bits per heavy atom. The molecule has 2 unspecified atom stereocenters. The van der Waals surface area contributed by atoms with Gasteiger partial charge < -0.3 is 19.7 Å². The van der Waals surface area contributed by atoms with Crippen molar-refractivity contribution in [3.63, 3.8) is 0 Å². The van der Waals surface area contributed by atoms with Crippen LogP contribution in [0.25, 0.3) is 22.3 Å². The first-order valence-electron chi connectivity index (χ1n) is 16.9. The average molecular weight is 659 g/mol. The van der Waals surface area contributed by atoms with Crippen LogP contribution >= 0.6 is 21.6 Å². The molecule has 0 saturated heterocycles. The molecule has 4 nitrogen and oxygen atoms in total. The zero-order chi connectivity index (χ0) is 32.1. The molecule has 2 atom stereocenters. The molecule has 0 heterocycles. The van der Waals surface area contributed by atoms with Crippen LogP contribution in [0.3, 0.4) is 0 Å². The third kappa shape index (κ3) is 13.4. The van der Waals surface area contributed by atoms with E-state index in [1.807, 2.05) is 83.6 Å². The molecule has 0 radical (unpaired) electrons. The van der Waals surface area contributed by atoms with E-state index in [4.69, 9.17) is 9.47 Å². The number of benzene rings is 4. The molecule has 246 valence electrons. The van der Waals surface area contributed by atoms with Crippen LogP contribution < -0.4 is 9.47 Å². The highest BCUT2D eigenvalue weighted by Crippen LogP contribution is 2.31. The first kappa shape index (κ1) is 35.9. The second kappa shape index (κ2) is 21.8. The normalized spacial score (nSPS) is 12.5. The summed E-state index contributed by atoms with van der Waals surface area (Å²) in [6.07, 6.45) is 11.0. The van der Waals surface area contributed by atoms with Gasteiger partial charge in [-0.1, -0.05) is 170 Å². The van der Waals surface area contributed by atoms with E-state index in [1.165, 1.54) is 51.4 Å². The van der Waals surface area contributed by atoms with E-state index in [9.17, 15) is 10.2 Å². The quantitative estimate of drug-likeness (QED) is 0.0611. The zero-order valence-electron chi connectivity index (χ0n) is 27.0. The number of hydrogen-bond donors (Lipinski definition) is 2. The summed E-state index contributed by atoms with van der Waals surface area (Å²) in [5.41, 5.74) is 4.36. The Morgan fingerprint density at radius 2 is 0.891 bits per heavy atom. The van der Waals surface area contributed by atoms with Gasteiger partial charge in [-0.3, -0.25) is 0 Å². The lowest BCUT2D eigenvalue weighted by atomic mass is 10.0. The van der Waals surface area contributed by atoms with Gasteiger partial charge in [0.2, 0.25) is 0 Å². The second-order valence-corrected chi connectivity index (χ2v) is 14.4. The van der Waals surface area contributed by atoms with E-state index in [-0.39, 0.29) is 0 Å². The predicted octanol–water partition coefficient (Wildman–Crippen LogP) is 10.5. The van der Waals surface area contributed by atoms with Crippen molar-refractivity contribution in [3.8, 4) is 33.8 Å². The molecular formula is C40H50O4S2. The molecule has 4 aromatic carbocycles. The van der Waals surface area contributed by atoms with E-state index < -0.39 is 12.2 Å². The van der Waals surface area contributed by atoms with Gasteiger partial charge in [-0.2, -0.15) is 0 Å². The van der Waals surface area contributed by atoms with Crippen molar-refractivity contribution in [1.82, 2.24) is 0 Å². The third-order valence-electron chi connectivity index (χ3n) is 7.91. The van der Waals surface area contributed by atoms with Gasteiger partial charge in [-0.15, -0.1) is 0 Å². The Bertz CT molecular complexity index is 1250. The zero-order valence-corrected chi connectivity index (χ0v) is 28.6. The molecule has 0 amide bonds. The Labute approximate surface area is 284 Å². The molecule has 0 aliphatic rings. The Kier molecular flexibility index (Phi) is 17.0. The highest BCUT2D eigenvalue weighted by Gasteiger charge is 2.11. The van der Waals surface area contributed by atoms with Gasteiger partial charge >= 0.3 is 0 Å². The summed E-state index contributed by atoms with van der Waals surface area (Å²) < 4.78 is 12.0. The summed E-state index contributed by atoms with van der Waals surface area (Å²) >= 11 is 0. The van der Waals surface area contributed by atoms with Crippen LogP contribution in [-0.2, 0) is 0 Å². The van der Waals surface area contributed by atoms with Crippen LogP contribution in [0, 0.1) is 0 Å². The van der Waals surface area contributed by atoms with Crippen molar-refractivity contribution in [2.75, 3.05) is 24.7 Å². The number of ether oxygens (including phenoxy) is 2. The number of hydrogen-bond acceptors (Lipinski definition) is 6. The van der Waals surface area contributed by atoms with Gasteiger partial charge in [0.25, 0.3) is 0 Å². The monoisotopic (exact) mass is 658 g/mol. The standard InChI is InChI=1S/C40H50O4S2/c41-35(30-43-39-27-17-15-25-37(39)33-20-10-8-11-21-33)24-14-6-4-2-1-3-5-7-19-29-45-46-32-36(42)31-44-40-28-18-16-26-38(40)34-22-12-9-13-23-34/h8-13,15-18,20-23,25-28,35-36,41-42H,1-7,14,19,24,29-32H2. The molecule has 0 spiro atoms. The molecule has 4 aromatic rings. The van der Waals surface area contributed by atoms with Crippen molar-refractivity contribution in [2.45, 2.75) is 76.4 Å². The van der Waals surface area contributed by atoms with Crippen molar-refractivity contribution in [2.24, 2.45) is 0 Å². The lowest BCUT2D eigenvalue weighted by Gasteiger charge is -2.15. The Morgan fingerprint density at radius 3 is 1.43 bits per heavy atom. The summed E-state index contributed by atoms with van der Waals surface area (Å²) in [5.74, 6) is 3.43. The first-order chi connectivity index (χ1) is 22.7. The van der Waals surface area contributed by atoms with Crippen molar-refractivity contribution < 1.29 is 19.7 Å². The maximum atomic E-state index is 10.4. The Balaban J connectivity index is 0.932. The smallest absolute Gasteiger partial charge is 0.127 e. The number of aliphatic hydroxyl groups is 2. The molecule has 0 bridgehead atoms. The maximum absolute atomic E-state index is 10.4. The molecule has 0 aliphatic carbocycles. The highest BCUT2D eigenvalue weighted by atomic mass is 33.1. The van der Waals surface area contributed by atoms with E-state index in [0.717, 1.165) is 52.3 Å². The largest absolute Gasteiger partial charge is 0.490 e. The van der Waals surface area contributed by atoms with Crippen LogP contribution in [-0.4, -0.2) is 47.1 Å². The minimum absolute atomic E-state index is 0.302. The van der Waals surface area contributed by atoms with E-state index in [0.29, 0.717) is 19.0 Å².